The number of rotatable bonds is 4. The van der Waals surface area contributed by atoms with E-state index < -0.39 is 17.9 Å². The summed E-state index contributed by atoms with van der Waals surface area (Å²) in [7, 11) is 1.46. The van der Waals surface area contributed by atoms with Gasteiger partial charge in [0.2, 0.25) is 5.95 Å². The molecule has 0 aliphatic rings. The second kappa shape index (κ2) is 5.17. The van der Waals surface area contributed by atoms with Crippen LogP contribution in [0.5, 0.6) is 0 Å². The zero-order valence-electron chi connectivity index (χ0n) is 9.34. The Morgan fingerprint density at radius 3 is 2.53 bits per heavy atom. The average Bonchev–Trinajstić information content (AvgIpc) is 2.27. The van der Waals surface area contributed by atoms with Gasteiger partial charge in [0.1, 0.15) is 5.82 Å². The number of alkyl halides is 3. The van der Waals surface area contributed by atoms with Crippen molar-refractivity contribution in [2.75, 3.05) is 24.3 Å². The van der Waals surface area contributed by atoms with Crippen molar-refractivity contribution in [1.29, 1.82) is 0 Å². The molecule has 17 heavy (non-hydrogen) atoms. The maximum atomic E-state index is 12.5. The van der Waals surface area contributed by atoms with Crippen LogP contribution >= 0.6 is 0 Å². The van der Waals surface area contributed by atoms with E-state index in [1.807, 2.05) is 0 Å². The molecule has 0 saturated heterocycles. The smallest absolute Gasteiger partial charge is 0.394 e. The van der Waals surface area contributed by atoms with Crippen LogP contribution in [0, 0.1) is 0 Å². The normalized spacial score (nSPS) is 13.3. The van der Waals surface area contributed by atoms with Gasteiger partial charge in [0.05, 0.1) is 6.61 Å². The lowest BCUT2D eigenvalue weighted by molar-refractivity contribution is -0.141. The molecule has 1 aromatic heterocycles. The summed E-state index contributed by atoms with van der Waals surface area (Å²) >= 11 is 0. The molecule has 0 bridgehead atoms. The number of aromatic nitrogens is 2. The fourth-order valence-electron chi connectivity index (χ4n) is 1.05. The molecule has 0 saturated carbocycles. The van der Waals surface area contributed by atoms with Crippen molar-refractivity contribution >= 4 is 11.8 Å². The number of aliphatic hydroxyl groups excluding tert-OH is 1. The second-order valence-corrected chi connectivity index (χ2v) is 3.44. The fraction of sp³-hybridized carbons (Fsp3) is 0.556. The first kappa shape index (κ1) is 13.5. The van der Waals surface area contributed by atoms with Gasteiger partial charge in [-0.05, 0) is 6.92 Å². The minimum absolute atomic E-state index is 0.0555. The summed E-state index contributed by atoms with van der Waals surface area (Å²) in [4.78, 5) is 7.15. The monoisotopic (exact) mass is 250 g/mol. The van der Waals surface area contributed by atoms with Crippen molar-refractivity contribution in [1.82, 2.24) is 9.97 Å². The van der Waals surface area contributed by atoms with E-state index in [2.05, 4.69) is 20.6 Å². The van der Waals surface area contributed by atoms with Gasteiger partial charge >= 0.3 is 6.18 Å². The third-order valence-electron chi connectivity index (χ3n) is 1.92. The third-order valence-corrected chi connectivity index (χ3v) is 1.92. The van der Waals surface area contributed by atoms with E-state index in [1.54, 1.807) is 6.92 Å². The Hall–Kier alpha value is -1.57. The molecule has 3 N–H and O–H groups in total. The fourth-order valence-corrected chi connectivity index (χ4v) is 1.05. The van der Waals surface area contributed by atoms with Crippen molar-refractivity contribution in [2.45, 2.75) is 19.1 Å². The molecular weight excluding hydrogens is 237 g/mol. The highest BCUT2D eigenvalue weighted by Gasteiger charge is 2.33. The summed E-state index contributed by atoms with van der Waals surface area (Å²) in [6.07, 6.45) is -4.53. The SMILES string of the molecule is CNc1cc(C(F)(F)F)nc(N[C@@H](C)CO)n1. The number of aliphatic hydroxyl groups is 1. The highest BCUT2D eigenvalue weighted by atomic mass is 19.4. The van der Waals surface area contributed by atoms with Gasteiger partial charge in [-0.2, -0.15) is 18.2 Å². The summed E-state index contributed by atoms with van der Waals surface area (Å²) < 4.78 is 37.5. The molecule has 1 heterocycles. The van der Waals surface area contributed by atoms with Gasteiger partial charge < -0.3 is 15.7 Å². The van der Waals surface area contributed by atoms with E-state index in [0.717, 1.165) is 6.07 Å². The van der Waals surface area contributed by atoms with Crippen LogP contribution in [0.3, 0.4) is 0 Å². The van der Waals surface area contributed by atoms with Gasteiger partial charge in [0.25, 0.3) is 0 Å². The molecule has 5 nitrogen and oxygen atoms in total. The van der Waals surface area contributed by atoms with Crippen molar-refractivity contribution in [3.63, 3.8) is 0 Å². The van der Waals surface area contributed by atoms with Gasteiger partial charge in [-0.1, -0.05) is 0 Å². The predicted octanol–water partition coefficient (Wildman–Crippen LogP) is 1.33. The molecule has 96 valence electrons. The van der Waals surface area contributed by atoms with Crippen LogP contribution in [0.15, 0.2) is 6.07 Å². The minimum atomic E-state index is -4.53. The van der Waals surface area contributed by atoms with E-state index in [-0.39, 0.29) is 18.4 Å². The first-order valence-electron chi connectivity index (χ1n) is 4.88. The maximum Gasteiger partial charge on any atom is 0.433 e. The molecule has 8 heteroatoms. The maximum absolute atomic E-state index is 12.5. The molecule has 0 amide bonds. The molecular formula is C9H13F3N4O. The molecule has 1 rings (SSSR count). The Kier molecular flexibility index (Phi) is 4.11. The van der Waals surface area contributed by atoms with Gasteiger partial charge in [0.15, 0.2) is 5.69 Å². The molecule has 0 unspecified atom stereocenters. The van der Waals surface area contributed by atoms with Gasteiger partial charge in [0, 0.05) is 19.2 Å². The summed E-state index contributed by atoms with van der Waals surface area (Å²) in [6, 6.07) is 0.387. The number of nitrogens with one attached hydrogen (secondary N) is 2. The first-order chi connectivity index (χ1) is 7.86. The number of halogens is 3. The Balaban J connectivity index is 3.05. The largest absolute Gasteiger partial charge is 0.433 e. The average molecular weight is 250 g/mol. The van der Waals surface area contributed by atoms with Gasteiger partial charge in [-0.15, -0.1) is 0 Å². The first-order valence-corrected chi connectivity index (χ1v) is 4.88. The Labute approximate surface area is 96.1 Å². The lowest BCUT2D eigenvalue weighted by atomic mass is 10.3. The second-order valence-electron chi connectivity index (χ2n) is 3.44. The molecule has 0 fully saturated rings. The van der Waals surface area contributed by atoms with E-state index in [4.69, 9.17) is 5.11 Å². The molecule has 1 aromatic rings. The number of hydrogen-bond donors (Lipinski definition) is 3. The highest BCUT2D eigenvalue weighted by Crippen LogP contribution is 2.29. The van der Waals surface area contributed by atoms with E-state index >= 15 is 0 Å². The van der Waals surface area contributed by atoms with Gasteiger partial charge in [-0.25, -0.2) is 4.98 Å². The molecule has 0 aliphatic carbocycles. The lowest BCUT2D eigenvalue weighted by Crippen LogP contribution is -2.22. The molecule has 0 radical (unpaired) electrons. The Morgan fingerprint density at radius 2 is 2.06 bits per heavy atom. The van der Waals surface area contributed by atoms with E-state index in [0.29, 0.717) is 0 Å². The van der Waals surface area contributed by atoms with Crippen molar-refractivity contribution in [2.24, 2.45) is 0 Å². The summed E-state index contributed by atoms with van der Waals surface area (Å²) in [5.41, 5.74) is -1.04. The van der Waals surface area contributed by atoms with Crippen molar-refractivity contribution in [3.05, 3.63) is 11.8 Å². The number of nitrogens with zero attached hydrogens (tertiary/aromatic N) is 2. The van der Waals surface area contributed by atoms with Crippen LogP contribution in [0.4, 0.5) is 24.9 Å². The lowest BCUT2D eigenvalue weighted by Gasteiger charge is -2.14. The molecule has 0 aliphatic heterocycles. The van der Waals surface area contributed by atoms with Crippen LogP contribution in [0.1, 0.15) is 12.6 Å². The minimum Gasteiger partial charge on any atom is -0.394 e. The standard InChI is InChI=1S/C9H13F3N4O/c1-5(4-17)14-8-15-6(9(10,11)12)3-7(13-2)16-8/h3,5,17H,4H2,1-2H3,(H2,13,14,15,16)/t5-/m0/s1. The number of hydrogen-bond acceptors (Lipinski definition) is 5. The topological polar surface area (TPSA) is 70.1 Å². The van der Waals surface area contributed by atoms with Crippen LogP contribution < -0.4 is 10.6 Å². The zero-order chi connectivity index (χ0) is 13.1. The quantitative estimate of drug-likeness (QED) is 0.752. The molecule has 0 spiro atoms. The van der Waals surface area contributed by atoms with Gasteiger partial charge in [-0.3, -0.25) is 0 Å². The summed E-state index contributed by atoms with van der Waals surface area (Å²) in [5, 5.41) is 13.9. The van der Waals surface area contributed by atoms with Crippen LogP contribution in [-0.2, 0) is 6.18 Å². The van der Waals surface area contributed by atoms with Crippen molar-refractivity contribution in [3.8, 4) is 0 Å². The third kappa shape index (κ3) is 3.74. The van der Waals surface area contributed by atoms with E-state index in [1.165, 1.54) is 7.05 Å². The summed E-state index contributed by atoms with van der Waals surface area (Å²) in [6.45, 7) is 1.37. The van der Waals surface area contributed by atoms with Crippen LogP contribution in [-0.4, -0.2) is 34.8 Å². The Bertz CT molecular complexity index is 383. The molecule has 1 atom stereocenters. The summed E-state index contributed by atoms with van der Waals surface area (Å²) in [5.74, 6) is -0.120. The predicted molar refractivity (Wildman–Crippen MR) is 56.8 cm³/mol. The van der Waals surface area contributed by atoms with Crippen LogP contribution in [0.2, 0.25) is 0 Å². The van der Waals surface area contributed by atoms with E-state index in [9.17, 15) is 13.2 Å². The highest BCUT2D eigenvalue weighted by molar-refractivity contribution is 5.42. The number of anilines is 2. The van der Waals surface area contributed by atoms with Crippen LogP contribution in [0.25, 0.3) is 0 Å². The molecule has 0 aromatic carbocycles. The van der Waals surface area contributed by atoms with Crippen molar-refractivity contribution < 1.29 is 18.3 Å². The Morgan fingerprint density at radius 1 is 1.41 bits per heavy atom. The zero-order valence-corrected chi connectivity index (χ0v) is 9.34.